The summed E-state index contributed by atoms with van der Waals surface area (Å²) in [6.45, 7) is 4.70. The van der Waals surface area contributed by atoms with Crippen LogP contribution in [0, 0.1) is 5.92 Å². The van der Waals surface area contributed by atoms with E-state index in [1.54, 1.807) is 0 Å². The average Bonchev–Trinajstić information content (AvgIpc) is 2.64. The maximum absolute atomic E-state index is 4.36. The SMILES string of the molecule is CC(Nc1ccn(C)n1)C1CCCN(C)C1. The number of rotatable bonds is 3. The molecule has 2 rings (SSSR count). The fourth-order valence-corrected chi connectivity index (χ4v) is 2.46. The standard InChI is InChI=1S/C12H22N4/c1-10(11-5-4-7-15(2)9-11)13-12-6-8-16(3)14-12/h6,8,10-11H,4-5,7,9H2,1-3H3,(H,13,14). The summed E-state index contributed by atoms with van der Waals surface area (Å²) in [5.74, 6) is 1.73. The molecule has 1 aromatic rings. The molecule has 0 amide bonds. The fraction of sp³-hybridized carbons (Fsp3) is 0.750. The zero-order chi connectivity index (χ0) is 11.5. The Morgan fingerprint density at radius 1 is 1.50 bits per heavy atom. The number of hydrogen-bond donors (Lipinski definition) is 1. The number of nitrogens with one attached hydrogen (secondary N) is 1. The third-order valence-corrected chi connectivity index (χ3v) is 3.46. The smallest absolute Gasteiger partial charge is 0.148 e. The molecule has 1 N–H and O–H groups in total. The van der Waals surface area contributed by atoms with Crippen LogP contribution in [0.2, 0.25) is 0 Å². The lowest BCUT2D eigenvalue weighted by atomic mass is 9.92. The van der Waals surface area contributed by atoms with Gasteiger partial charge in [-0.1, -0.05) is 0 Å². The molecule has 1 saturated heterocycles. The number of nitrogens with zero attached hydrogens (tertiary/aromatic N) is 3. The largest absolute Gasteiger partial charge is 0.366 e. The van der Waals surface area contributed by atoms with Gasteiger partial charge < -0.3 is 10.2 Å². The molecule has 0 aromatic carbocycles. The van der Waals surface area contributed by atoms with Crippen molar-refractivity contribution in [2.24, 2.45) is 13.0 Å². The summed E-state index contributed by atoms with van der Waals surface area (Å²) in [6, 6.07) is 2.53. The van der Waals surface area contributed by atoms with Gasteiger partial charge in [0, 0.05) is 31.9 Å². The van der Waals surface area contributed by atoms with Crippen LogP contribution in [-0.4, -0.2) is 40.9 Å². The highest BCUT2D eigenvalue weighted by molar-refractivity contribution is 5.33. The Morgan fingerprint density at radius 2 is 2.31 bits per heavy atom. The van der Waals surface area contributed by atoms with Crippen LogP contribution in [0.1, 0.15) is 19.8 Å². The molecule has 0 aliphatic carbocycles. The van der Waals surface area contributed by atoms with E-state index < -0.39 is 0 Å². The lowest BCUT2D eigenvalue weighted by Gasteiger charge is -2.33. The first kappa shape index (κ1) is 11.5. The predicted molar refractivity (Wildman–Crippen MR) is 66.5 cm³/mol. The molecule has 2 heterocycles. The molecule has 90 valence electrons. The minimum Gasteiger partial charge on any atom is -0.366 e. The van der Waals surface area contributed by atoms with Gasteiger partial charge in [-0.15, -0.1) is 0 Å². The molecule has 0 radical (unpaired) electrons. The second kappa shape index (κ2) is 4.87. The Kier molecular flexibility index (Phi) is 3.49. The Morgan fingerprint density at radius 3 is 2.94 bits per heavy atom. The summed E-state index contributed by atoms with van der Waals surface area (Å²) in [5, 5.41) is 7.85. The van der Waals surface area contributed by atoms with Crippen molar-refractivity contribution >= 4 is 5.82 Å². The van der Waals surface area contributed by atoms with E-state index in [4.69, 9.17) is 0 Å². The summed E-state index contributed by atoms with van der Waals surface area (Å²) in [7, 11) is 4.16. The van der Waals surface area contributed by atoms with E-state index in [1.165, 1.54) is 25.9 Å². The quantitative estimate of drug-likeness (QED) is 0.842. The molecule has 1 aliphatic heterocycles. The van der Waals surface area contributed by atoms with Crippen LogP contribution in [0.5, 0.6) is 0 Å². The molecule has 0 saturated carbocycles. The summed E-state index contributed by atoms with van der Waals surface area (Å²) in [5.41, 5.74) is 0. The minimum atomic E-state index is 0.498. The van der Waals surface area contributed by atoms with E-state index in [-0.39, 0.29) is 0 Å². The molecule has 1 aliphatic rings. The van der Waals surface area contributed by atoms with E-state index >= 15 is 0 Å². The van der Waals surface area contributed by atoms with Crippen LogP contribution >= 0.6 is 0 Å². The third kappa shape index (κ3) is 2.76. The van der Waals surface area contributed by atoms with Crippen molar-refractivity contribution in [2.45, 2.75) is 25.8 Å². The summed E-state index contributed by atoms with van der Waals surface area (Å²) in [6.07, 6.45) is 4.61. The van der Waals surface area contributed by atoms with Gasteiger partial charge in [0.2, 0.25) is 0 Å². The molecule has 0 bridgehead atoms. The molecule has 16 heavy (non-hydrogen) atoms. The molecule has 2 unspecified atom stereocenters. The van der Waals surface area contributed by atoms with Crippen LogP contribution in [0.15, 0.2) is 12.3 Å². The van der Waals surface area contributed by atoms with Crippen molar-refractivity contribution in [1.29, 1.82) is 0 Å². The van der Waals surface area contributed by atoms with E-state index in [1.807, 2.05) is 24.0 Å². The Bertz CT molecular complexity index is 334. The first-order chi connectivity index (χ1) is 7.65. The molecule has 4 nitrogen and oxygen atoms in total. The predicted octanol–water partition coefficient (Wildman–Crippen LogP) is 1.56. The van der Waals surface area contributed by atoms with E-state index in [9.17, 15) is 0 Å². The number of piperidine rings is 1. The van der Waals surface area contributed by atoms with E-state index in [0.717, 1.165) is 11.7 Å². The fourth-order valence-electron chi connectivity index (χ4n) is 2.46. The molecular weight excluding hydrogens is 200 g/mol. The molecule has 2 atom stereocenters. The van der Waals surface area contributed by atoms with Gasteiger partial charge in [-0.25, -0.2) is 0 Å². The topological polar surface area (TPSA) is 33.1 Å². The van der Waals surface area contributed by atoms with Crippen LogP contribution in [-0.2, 0) is 7.05 Å². The summed E-state index contributed by atoms with van der Waals surface area (Å²) >= 11 is 0. The molecular formula is C12H22N4. The van der Waals surface area contributed by atoms with Crippen molar-refractivity contribution in [2.75, 3.05) is 25.5 Å². The van der Waals surface area contributed by atoms with Gasteiger partial charge in [0.25, 0.3) is 0 Å². The molecule has 1 aromatic heterocycles. The highest BCUT2D eigenvalue weighted by Crippen LogP contribution is 2.20. The van der Waals surface area contributed by atoms with Gasteiger partial charge in [0.05, 0.1) is 0 Å². The Hall–Kier alpha value is -1.03. The molecule has 4 heteroatoms. The van der Waals surface area contributed by atoms with E-state index in [2.05, 4.69) is 29.3 Å². The van der Waals surface area contributed by atoms with Crippen LogP contribution < -0.4 is 5.32 Å². The number of likely N-dealkylation sites (tertiary alicyclic amines) is 1. The number of aromatic nitrogens is 2. The highest BCUT2D eigenvalue weighted by Gasteiger charge is 2.22. The normalized spacial score (nSPS) is 24.3. The van der Waals surface area contributed by atoms with Gasteiger partial charge >= 0.3 is 0 Å². The zero-order valence-electron chi connectivity index (χ0n) is 10.5. The maximum atomic E-state index is 4.36. The van der Waals surface area contributed by atoms with Gasteiger partial charge in [0.1, 0.15) is 5.82 Å². The van der Waals surface area contributed by atoms with Crippen LogP contribution in [0.3, 0.4) is 0 Å². The Labute approximate surface area is 97.6 Å². The zero-order valence-corrected chi connectivity index (χ0v) is 10.5. The van der Waals surface area contributed by atoms with Gasteiger partial charge in [-0.3, -0.25) is 4.68 Å². The monoisotopic (exact) mass is 222 g/mol. The third-order valence-electron chi connectivity index (χ3n) is 3.46. The highest BCUT2D eigenvalue weighted by atomic mass is 15.3. The van der Waals surface area contributed by atoms with Gasteiger partial charge in [-0.05, 0) is 39.3 Å². The molecule has 0 spiro atoms. The molecule has 1 fully saturated rings. The first-order valence-electron chi connectivity index (χ1n) is 6.10. The lowest BCUT2D eigenvalue weighted by Crippen LogP contribution is -2.39. The van der Waals surface area contributed by atoms with Crippen molar-refractivity contribution < 1.29 is 0 Å². The number of anilines is 1. The first-order valence-corrected chi connectivity index (χ1v) is 6.10. The van der Waals surface area contributed by atoms with Crippen molar-refractivity contribution in [1.82, 2.24) is 14.7 Å². The second-order valence-corrected chi connectivity index (χ2v) is 4.97. The van der Waals surface area contributed by atoms with Gasteiger partial charge in [0.15, 0.2) is 0 Å². The van der Waals surface area contributed by atoms with Gasteiger partial charge in [-0.2, -0.15) is 5.10 Å². The van der Waals surface area contributed by atoms with Crippen LogP contribution in [0.25, 0.3) is 0 Å². The lowest BCUT2D eigenvalue weighted by molar-refractivity contribution is 0.197. The summed E-state index contributed by atoms with van der Waals surface area (Å²) in [4.78, 5) is 2.42. The number of hydrogen-bond acceptors (Lipinski definition) is 3. The van der Waals surface area contributed by atoms with Crippen molar-refractivity contribution in [3.63, 3.8) is 0 Å². The average molecular weight is 222 g/mol. The van der Waals surface area contributed by atoms with Crippen molar-refractivity contribution in [3.05, 3.63) is 12.3 Å². The van der Waals surface area contributed by atoms with Crippen molar-refractivity contribution in [3.8, 4) is 0 Å². The summed E-state index contributed by atoms with van der Waals surface area (Å²) < 4.78 is 1.84. The minimum absolute atomic E-state index is 0.498. The van der Waals surface area contributed by atoms with Crippen LogP contribution in [0.4, 0.5) is 5.82 Å². The van der Waals surface area contributed by atoms with E-state index in [0.29, 0.717) is 6.04 Å². The maximum Gasteiger partial charge on any atom is 0.148 e. The number of aryl methyl sites for hydroxylation is 1. The Balaban J connectivity index is 1.89. The second-order valence-electron chi connectivity index (χ2n) is 4.97.